The summed E-state index contributed by atoms with van der Waals surface area (Å²) in [4.78, 5) is 17.1. The van der Waals surface area contributed by atoms with Gasteiger partial charge in [0.05, 0.1) is 6.20 Å². The lowest BCUT2D eigenvalue weighted by Gasteiger charge is -2.34. The van der Waals surface area contributed by atoms with E-state index in [9.17, 15) is 4.79 Å². The number of ether oxygens (including phenoxy) is 2. The standard InChI is InChI=1S/C15H16N4O3S/c20-15(14-8-16-17-23-14)19-5-3-18(4-6-19)9-11-1-2-12-13(7-11)22-10-21-12/h1-2,7-8H,3-6,9-10H2. The molecule has 1 fully saturated rings. The predicted molar refractivity (Wildman–Crippen MR) is 83.7 cm³/mol. The summed E-state index contributed by atoms with van der Waals surface area (Å²) in [5.41, 5.74) is 1.20. The van der Waals surface area contributed by atoms with Crippen LogP contribution in [0.25, 0.3) is 0 Å². The van der Waals surface area contributed by atoms with Crippen LogP contribution in [0.4, 0.5) is 0 Å². The van der Waals surface area contributed by atoms with Gasteiger partial charge in [-0.2, -0.15) is 0 Å². The van der Waals surface area contributed by atoms with Gasteiger partial charge in [0.2, 0.25) is 6.79 Å². The summed E-state index contributed by atoms with van der Waals surface area (Å²) in [5, 5.41) is 3.73. The molecule has 2 aliphatic rings. The minimum atomic E-state index is 0.0303. The summed E-state index contributed by atoms with van der Waals surface area (Å²) in [6.45, 7) is 4.30. The summed E-state index contributed by atoms with van der Waals surface area (Å²) in [6, 6.07) is 6.05. The molecule has 1 aromatic heterocycles. The first-order chi connectivity index (χ1) is 11.3. The van der Waals surface area contributed by atoms with E-state index in [4.69, 9.17) is 9.47 Å². The number of hydrogen-bond donors (Lipinski definition) is 0. The molecule has 0 atom stereocenters. The van der Waals surface area contributed by atoms with Gasteiger partial charge in [-0.05, 0) is 29.2 Å². The van der Waals surface area contributed by atoms with E-state index in [0.29, 0.717) is 11.7 Å². The number of benzene rings is 1. The average molecular weight is 332 g/mol. The Morgan fingerprint density at radius 2 is 2.00 bits per heavy atom. The van der Waals surface area contributed by atoms with Crippen LogP contribution in [0.1, 0.15) is 15.2 Å². The number of aromatic nitrogens is 2. The van der Waals surface area contributed by atoms with E-state index < -0.39 is 0 Å². The Hall–Kier alpha value is -2.19. The van der Waals surface area contributed by atoms with E-state index in [-0.39, 0.29) is 5.91 Å². The minimum absolute atomic E-state index is 0.0303. The van der Waals surface area contributed by atoms with E-state index in [1.807, 2.05) is 17.0 Å². The van der Waals surface area contributed by atoms with Crippen LogP contribution < -0.4 is 9.47 Å². The van der Waals surface area contributed by atoms with Gasteiger partial charge in [-0.3, -0.25) is 9.69 Å². The van der Waals surface area contributed by atoms with Crippen LogP contribution >= 0.6 is 11.5 Å². The normalized spacial score (nSPS) is 17.5. The highest BCUT2D eigenvalue weighted by atomic mass is 32.1. The fourth-order valence-corrected chi connectivity index (χ4v) is 3.31. The first kappa shape index (κ1) is 14.4. The summed E-state index contributed by atoms with van der Waals surface area (Å²) in [6.07, 6.45) is 1.53. The topological polar surface area (TPSA) is 67.8 Å². The molecule has 7 nitrogen and oxygen atoms in total. The molecule has 0 N–H and O–H groups in total. The van der Waals surface area contributed by atoms with Crippen molar-refractivity contribution in [3.8, 4) is 11.5 Å². The number of fused-ring (bicyclic) bond motifs is 1. The third-order valence-electron chi connectivity index (χ3n) is 4.07. The summed E-state index contributed by atoms with van der Waals surface area (Å²) in [5.74, 6) is 1.65. The second-order valence-corrected chi connectivity index (χ2v) is 6.32. The summed E-state index contributed by atoms with van der Waals surface area (Å²) >= 11 is 1.15. The summed E-state index contributed by atoms with van der Waals surface area (Å²) < 4.78 is 14.5. The molecule has 0 radical (unpaired) electrons. The maximum Gasteiger partial charge on any atom is 0.267 e. The van der Waals surface area contributed by atoms with Crippen molar-refractivity contribution in [3.05, 3.63) is 34.8 Å². The molecule has 0 spiro atoms. The Bertz CT molecular complexity index is 699. The highest BCUT2D eigenvalue weighted by molar-refractivity contribution is 7.07. The van der Waals surface area contributed by atoms with Gasteiger partial charge in [0, 0.05) is 32.7 Å². The lowest BCUT2D eigenvalue weighted by Crippen LogP contribution is -2.48. The molecule has 1 aromatic carbocycles. The van der Waals surface area contributed by atoms with Crippen molar-refractivity contribution >= 4 is 17.4 Å². The van der Waals surface area contributed by atoms with Crippen molar-refractivity contribution < 1.29 is 14.3 Å². The van der Waals surface area contributed by atoms with E-state index in [0.717, 1.165) is 55.8 Å². The molecule has 0 aliphatic carbocycles. The zero-order valence-electron chi connectivity index (χ0n) is 12.5. The second kappa shape index (κ2) is 6.13. The first-order valence-corrected chi connectivity index (χ1v) is 8.24. The number of rotatable bonds is 3. The zero-order valence-corrected chi connectivity index (χ0v) is 13.3. The molecule has 4 rings (SSSR count). The van der Waals surface area contributed by atoms with Crippen LogP contribution in [0.3, 0.4) is 0 Å². The molecular weight excluding hydrogens is 316 g/mol. The van der Waals surface area contributed by atoms with Crippen LogP contribution in [0.2, 0.25) is 0 Å². The van der Waals surface area contributed by atoms with Gasteiger partial charge in [-0.15, -0.1) is 5.10 Å². The molecule has 0 saturated carbocycles. The Balaban J connectivity index is 1.34. The Labute approximate surface area is 137 Å². The molecule has 3 heterocycles. The molecular formula is C15H16N4O3S. The number of piperazine rings is 1. The molecule has 23 heavy (non-hydrogen) atoms. The molecule has 120 valence electrons. The molecule has 2 aromatic rings. The van der Waals surface area contributed by atoms with Gasteiger partial charge in [0.1, 0.15) is 4.88 Å². The molecule has 0 unspecified atom stereocenters. The van der Waals surface area contributed by atoms with Crippen molar-refractivity contribution in [3.63, 3.8) is 0 Å². The van der Waals surface area contributed by atoms with Crippen LogP contribution in [0.15, 0.2) is 24.4 Å². The lowest BCUT2D eigenvalue weighted by molar-refractivity contribution is 0.0633. The van der Waals surface area contributed by atoms with Crippen LogP contribution in [-0.2, 0) is 6.54 Å². The minimum Gasteiger partial charge on any atom is -0.454 e. The largest absolute Gasteiger partial charge is 0.454 e. The lowest BCUT2D eigenvalue weighted by atomic mass is 10.1. The van der Waals surface area contributed by atoms with Crippen molar-refractivity contribution in [1.82, 2.24) is 19.4 Å². The number of hydrogen-bond acceptors (Lipinski definition) is 7. The fourth-order valence-electron chi connectivity index (χ4n) is 2.82. The molecule has 1 saturated heterocycles. The molecule has 8 heteroatoms. The number of amides is 1. The van der Waals surface area contributed by atoms with Crippen LogP contribution in [0, 0.1) is 0 Å². The quantitative estimate of drug-likeness (QED) is 0.842. The predicted octanol–water partition coefficient (Wildman–Crippen LogP) is 1.22. The highest BCUT2D eigenvalue weighted by Crippen LogP contribution is 2.32. The molecule has 0 bridgehead atoms. The van der Waals surface area contributed by atoms with Gasteiger partial charge in [0.25, 0.3) is 5.91 Å². The molecule has 1 amide bonds. The smallest absolute Gasteiger partial charge is 0.267 e. The Kier molecular flexibility index (Phi) is 3.84. The van der Waals surface area contributed by atoms with Gasteiger partial charge >= 0.3 is 0 Å². The second-order valence-electron chi connectivity index (χ2n) is 5.54. The molecule has 2 aliphatic heterocycles. The van der Waals surface area contributed by atoms with Gasteiger partial charge in [-0.25, -0.2) is 0 Å². The highest BCUT2D eigenvalue weighted by Gasteiger charge is 2.23. The van der Waals surface area contributed by atoms with E-state index >= 15 is 0 Å². The van der Waals surface area contributed by atoms with Crippen molar-refractivity contribution in [2.24, 2.45) is 0 Å². The third-order valence-corrected chi connectivity index (χ3v) is 4.73. The number of carbonyl (C=O) groups is 1. The van der Waals surface area contributed by atoms with E-state index in [1.54, 1.807) is 0 Å². The van der Waals surface area contributed by atoms with Crippen molar-refractivity contribution in [1.29, 1.82) is 0 Å². The SMILES string of the molecule is O=C(c1cnns1)N1CCN(Cc2ccc3c(c2)OCO3)CC1. The fraction of sp³-hybridized carbons (Fsp3) is 0.400. The maximum absolute atomic E-state index is 12.3. The van der Waals surface area contributed by atoms with Crippen molar-refractivity contribution in [2.45, 2.75) is 6.54 Å². The van der Waals surface area contributed by atoms with Crippen LogP contribution in [-0.4, -0.2) is 58.3 Å². The monoisotopic (exact) mass is 332 g/mol. The Morgan fingerprint density at radius 1 is 1.17 bits per heavy atom. The third kappa shape index (κ3) is 2.99. The number of nitrogens with zero attached hydrogens (tertiary/aromatic N) is 4. The van der Waals surface area contributed by atoms with Gasteiger partial charge in [0.15, 0.2) is 11.5 Å². The van der Waals surface area contributed by atoms with E-state index in [2.05, 4.69) is 20.6 Å². The van der Waals surface area contributed by atoms with Gasteiger partial charge in [-0.1, -0.05) is 10.6 Å². The maximum atomic E-state index is 12.3. The summed E-state index contributed by atoms with van der Waals surface area (Å²) in [7, 11) is 0. The average Bonchev–Trinajstić information content (AvgIpc) is 3.26. The number of carbonyl (C=O) groups excluding carboxylic acids is 1. The zero-order chi connectivity index (χ0) is 15.6. The first-order valence-electron chi connectivity index (χ1n) is 7.47. The van der Waals surface area contributed by atoms with Gasteiger partial charge < -0.3 is 14.4 Å². The van der Waals surface area contributed by atoms with Crippen LogP contribution in [0.5, 0.6) is 11.5 Å². The van der Waals surface area contributed by atoms with E-state index in [1.165, 1.54) is 11.8 Å². The Morgan fingerprint density at radius 3 is 2.78 bits per heavy atom. The van der Waals surface area contributed by atoms with Crippen molar-refractivity contribution in [2.75, 3.05) is 33.0 Å².